The summed E-state index contributed by atoms with van der Waals surface area (Å²) in [6.45, 7) is 2.04. The number of anilines is 1. The van der Waals surface area contributed by atoms with E-state index in [1.165, 1.54) is 28.5 Å². The van der Waals surface area contributed by atoms with Gasteiger partial charge in [0.25, 0.3) is 0 Å². The van der Waals surface area contributed by atoms with Crippen LogP contribution < -0.4 is 10.2 Å². The summed E-state index contributed by atoms with van der Waals surface area (Å²) in [6, 6.07) is 0. The Morgan fingerprint density at radius 1 is 1.53 bits per heavy atom. The Bertz CT molecular complexity index is 361. The Labute approximate surface area is 112 Å². The first kappa shape index (κ1) is 13.2. The predicted octanol–water partition coefficient (Wildman–Crippen LogP) is 2.54. The van der Waals surface area contributed by atoms with Gasteiger partial charge in [-0.2, -0.15) is 11.8 Å². The van der Waals surface area contributed by atoms with Crippen molar-refractivity contribution in [1.82, 2.24) is 10.3 Å². The molecule has 0 radical (unpaired) electrons. The van der Waals surface area contributed by atoms with E-state index in [2.05, 4.69) is 23.5 Å². The molecule has 5 heteroatoms. The molecule has 3 nitrogen and oxygen atoms in total. The van der Waals surface area contributed by atoms with E-state index < -0.39 is 0 Å². The molecule has 1 heterocycles. The summed E-state index contributed by atoms with van der Waals surface area (Å²) in [7, 11) is 4.16. The smallest absolute Gasteiger partial charge is 0.185 e. The quantitative estimate of drug-likeness (QED) is 0.825. The second kappa shape index (κ2) is 6.07. The lowest BCUT2D eigenvalue weighted by atomic mass is 10.2. The van der Waals surface area contributed by atoms with E-state index in [1.807, 2.05) is 30.1 Å². The molecule has 0 bridgehead atoms. The van der Waals surface area contributed by atoms with Crippen molar-refractivity contribution in [2.75, 3.05) is 37.5 Å². The lowest BCUT2D eigenvalue weighted by molar-refractivity contribution is 0.812. The van der Waals surface area contributed by atoms with Gasteiger partial charge in [0.1, 0.15) is 0 Å². The molecule has 1 aliphatic rings. The molecular formula is C12H21N3S2. The zero-order valence-corrected chi connectivity index (χ0v) is 12.5. The third-order valence-corrected chi connectivity index (χ3v) is 4.75. The Morgan fingerprint density at radius 2 is 2.29 bits per heavy atom. The van der Waals surface area contributed by atoms with Crippen LogP contribution in [-0.2, 0) is 6.54 Å². The summed E-state index contributed by atoms with van der Waals surface area (Å²) < 4.78 is 0. The topological polar surface area (TPSA) is 28.2 Å². The predicted molar refractivity (Wildman–Crippen MR) is 78.5 cm³/mol. The fourth-order valence-electron chi connectivity index (χ4n) is 1.80. The molecule has 1 saturated carbocycles. The zero-order valence-electron chi connectivity index (χ0n) is 10.8. The van der Waals surface area contributed by atoms with Crippen LogP contribution in [0.25, 0.3) is 0 Å². The van der Waals surface area contributed by atoms with Crippen LogP contribution in [0.2, 0.25) is 0 Å². The maximum Gasteiger partial charge on any atom is 0.185 e. The molecule has 0 amide bonds. The van der Waals surface area contributed by atoms with Gasteiger partial charge in [0.2, 0.25) is 0 Å². The molecule has 1 N–H and O–H groups in total. The number of hydrogen-bond donors (Lipinski definition) is 1. The molecule has 96 valence electrons. The molecule has 2 rings (SSSR count). The van der Waals surface area contributed by atoms with Gasteiger partial charge < -0.3 is 10.2 Å². The van der Waals surface area contributed by atoms with Crippen LogP contribution in [0.5, 0.6) is 0 Å². The van der Waals surface area contributed by atoms with Crippen molar-refractivity contribution in [2.45, 2.75) is 25.3 Å². The third kappa shape index (κ3) is 3.36. The van der Waals surface area contributed by atoms with Crippen molar-refractivity contribution < 1.29 is 0 Å². The van der Waals surface area contributed by atoms with Gasteiger partial charge in [-0.1, -0.05) is 0 Å². The van der Waals surface area contributed by atoms with Gasteiger partial charge in [0, 0.05) is 36.7 Å². The first-order valence-electron chi connectivity index (χ1n) is 6.10. The Morgan fingerprint density at radius 3 is 2.88 bits per heavy atom. The molecule has 1 aliphatic carbocycles. The summed E-state index contributed by atoms with van der Waals surface area (Å²) in [6.07, 6.45) is 4.81. The zero-order chi connectivity index (χ0) is 12.3. The van der Waals surface area contributed by atoms with Crippen molar-refractivity contribution >= 4 is 28.2 Å². The van der Waals surface area contributed by atoms with Crippen LogP contribution in [-0.4, -0.2) is 37.6 Å². The molecular weight excluding hydrogens is 250 g/mol. The van der Waals surface area contributed by atoms with Crippen molar-refractivity contribution in [3.8, 4) is 0 Å². The lowest BCUT2D eigenvalue weighted by Gasteiger charge is -2.14. The molecule has 0 aliphatic heterocycles. The van der Waals surface area contributed by atoms with Crippen molar-refractivity contribution in [1.29, 1.82) is 0 Å². The van der Waals surface area contributed by atoms with E-state index >= 15 is 0 Å². The molecule has 0 aromatic carbocycles. The monoisotopic (exact) mass is 271 g/mol. The van der Waals surface area contributed by atoms with Crippen LogP contribution >= 0.6 is 23.1 Å². The normalized spacial score (nSPS) is 15.2. The maximum absolute atomic E-state index is 4.84. The Hall–Kier alpha value is -0.260. The molecule has 0 atom stereocenters. The summed E-state index contributed by atoms with van der Waals surface area (Å²) in [4.78, 5) is 8.55. The van der Waals surface area contributed by atoms with E-state index in [-0.39, 0.29) is 0 Å². The minimum Gasteiger partial charge on any atom is -0.350 e. The number of rotatable bonds is 7. The molecule has 0 spiro atoms. The molecule has 1 aromatic heterocycles. The Kier molecular flexibility index (Phi) is 4.70. The fourth-order valence-corrected chi connectivity index (χ4v) is 3.40. The van der Waals surface area contributed by atoms with E-state index in [4.69, 9.17) is 4.98 Å². The van der Waals surface area contributed by atoms with Gasteiger partial charge in [-0.05, 0) is 26.1 Å². The third-order valence-electron chi connectivity index (χ3n) is 2.98. The van der Waals surface area contributed by atoms with Gasteiger partial charge in [-0.3, -0.25) is 0 Å². The largest absolute Gasteiger partial charge is 0.350 e. The molecule has 1 aromatic rings. The van der Waals surface area contributed by atoms with E-state index in [9.17, 15) is 0 Å². The first-order chi connectivity index (χ1) is 8.26. The molecule has 0 saturated heterocycles. The second-order valence-corrected chi connectivity index (χ2v) is 6.57. The summed E-state index contributed by atoms with van der Waals surface area (Å²) in [5.74, 6) is 1.91. The summed E-state index contributed by atoms with van der Waals surface area (Å²) in [5, 5.41) is 4.44. The van der Waals surface area contributed by atoms with Crippen LogP contribution in [0.1, 0.15) is 29.3 Å². The minimum absolute atomic E-state index is 0.748. The van der Waals surface area contributed by atoms with Crippen molar-refractivity contribution in [2.24, 2.45) is 0 Å². The van der Waals surface area contributed by atoms with Gasteiger partial charge in [-0.15, -0.1) is 11.3 Å². The highest BCUT2D eigenvalue weighted by Crippen LogP contribution is 2.44. The number of aromatic nitrogens is 1. The number of hydrogen-bond acceptors (Lipinski definition) is 5. The highest BCUT2D eigenvalue weighted by atomic mass is 32.2. The van der Waals surface area contributed by atoms with E-state index in [1.54, 1.807) is 0 Å². The van der Waals surface area contributed by atoms with Crippen LogP contribution in [0, 0.1) is 0 Å². The number of thioether (sulfide) groups is 1. The van der Waals surface area contributed by atoms with Gasteiger partial charge >= 0.3 is 0 Å². The van der Waals surface area contributed by atoms with Gasteiger partial charge in [0.05, 0.1) is 5.69 Å². The van der Waals surface area contributed by atoms with Gasteiger partial charge in [0.15, 0.2) is 5.13 Å². The van der Waals surface area contributed by atoms with Crippen molar-refractivity contribution in [3.05, 3.63) is 10.6 Å². The average Bonchev–Trinajstić information content (AvgIpc) is 3.08. The summed E-state index contributed by atoms with van der Waals surface area (Å²) >= 11 is 3.74. The van der Waals surface area contributed by atoms with Crippen molar-refractivity contribution in [3.63, 3.8) is 0 Å². The highest BCUT2D eigenvalue weighted by molar-refractivity contribution is 7.98. The minimum atomic E-state index is 0.748. The SMILES string of the molecule is CNCc1sc(N(C)CCSC)nc1C1CC1. The molecule has 1 fully saturated rings. The van der Waals surface area contributed by atoms with Gasteiger partial charge in [-0.25, -0.2) is 4.98 Å². The van der Waals surface area contributed by atoms with E-state index in [0.29, 0.717) is 0 Å². The highest BCUT2D eigenvalue weighted by Gasteiger charge is 2.29. The van der Waals surface area contributed by atoms with Crippen LogP contribution in [0.15, 0.2) is 0 Å². The van der Waals surface area contributed by atoms with E-state index in [0.717, 1.165) is 24.8 Å². The fraction of sp³-hybridized carbons (Fsp3) is 0.750. The lowest BCUT2D eigenvalue weighted by Crippen LogP contribution is -2.19. The maximum atomic E-state index is 4.84. The second-order valence-electron chi connectivity index (χ2n) is 4.52. The van der Waals surface area contributed by atoms with Crippen LogP contribution in [0.3, 0.4) is 0 Å². The standard InChI is InChI=1S/C12H21N3S2/c1-13-8-10-11(9-4-5-9)14-12(17-10)15(2)6-7-16-3/h9,13H,4-8H2,1-3H3. The summed E-state index contributed by atoms with van der Waals surface area (Å²) in [5.41, 5.74) is 1.36. The molecule has 0 unspecified atom stereocenters. The first-order valence-corrected chi connectivity index (χ1v) is 8.31. The van der Waals surface area contributed by atoms with Crippen LogP contribution in [0.4, 0.5) is 5.13 Å². The number of nitrogens with zero attached hydrogens (tertiary/aromatic N) is 2. The Balaban J connectivity index is 2.08. The molecule has 17 heavy (non-hydrogen) atoms. The average molecular weight is 271 g/mol. The number of thiazole rings is 1. The number of nitrogens with one attached hydrogen (secondary N) is 1.